The molecular weight excluding hydrogens is 333 g/mol. The quantitative estimate of drug-likeness (QED) is 0.489. The zero-order valence-electron chi connectivity index (χ0n) is 9.13. The van der Waals surface area contributed by atoms with E-state index in [2.05, 4.69) is 27.7 Å². The van der Waals surface area contributed by atoms with Gasteiger partial charge in [-0.15, -0.1) is 0 Å². The Morgan fingerprint density at radius 1 is 1.53 bits per heavy atom. The van der Waals surface area contributed by atoms with E-state index < -0.39 is 0 Å². The molecule has 0 atom stereocenters. The largest absolute Gasteiger partial charge is 0.272 e. The van der Waals surface area contributed by atoms with Crippen LogP contribution in [0.25, 0.3) is 0 Å². The number of nitrogens with zero attached hydrogens (tertiary/aromatic N) is 3. The van der Waals surface area contributed by atoms with Crippen molar-refractivity contribution in [1.29, 1.82) is 0 Å². The Morgan fingerprint density at radius 3 is 2.88 bits per heavy atom. The molecule has 0 spiro atoms. The number of aromatic nitrogens is 2. The van der Waals surface area contributed by atoms with Crippen LogP contribution in [0.3, 0.4) is 0 Å². The third-order valence-electron chi connectivity index (χ3n) is 2.55. The topological polar surface area (TPSA) is 61.0 Å². The highest BCUT2D eigenvalue weighted by Crippen LogP contribution is 2.21. The Hall–Kier alpha value is -1.44. The van der Waals surface area contributed by atoms with Crippen LogP contribution in [-0.4, -0.2) is 14.7 Å². The molecule has 0 aliphatic rings. The van der Waals surface area contributed by atoms with Gasteiger partial charge in [-0.3, -0.25) is 14.8 Å². The van der Waals surface area contributed by atoms with E-state index in [-0.39, 0.29) is 10.6 Å². The summed E-state index contributed by atoms with van der Waals surface area (Å²) >= 11 is 2.18. The maximum Gasteiger partial charge on any atom is 0.272 e. The molecule has 2 aromatic rings. The van der Waals surface area contributed by atoms with Crippen molar-refractivity contribution < 1.29 is 4.92 Å². The standard InChI is InChI=1S/C11H10IN3O2/c1-8-9(3-2-4-11(8)15(16)17)6-14-7-10(12)5-13-14/h2-5,7H,6H2,1H3. The highest BCUT2D eigenvalue weighted by atomic mass is 127. The number of nitro groups is 1. The molecule has 2 rings (SSSR count). The van der Waals surface area contributed by atoms with Crippen LogP contribution in [0.15, 0.2) is 30.6 Å². The Kier molecular flexibility index (Phi) is 3.41. The average molecular weight is 343 g/mol. The molecule has 17 heavy (non-hydrogen) atoms. The minimum Gasteiger partial charge on any atom is -0.267 e. The maximum atomic E-state index is 10.8. The van der Waals surface area contributed by atoms with Crippen molar-refractivity contribution in [2.24, 2.45) is 0 Å². The summed E-state index contributed by atoms with van der Waals surface area (Å²) in [5.74, 6) is 0. The Morgan fingerprint density at radius 2 is 2.29 bits per heavy atom. The van der Waals surface area contributed by atoms with Crippen LogP contribution in [0.4, 0.5) is 5.69 Å². The lowest BCUT2D eigenvalue weighted by Gasteiger charge is -2.06. The van der Waals surface area contributed by atoms with Crippen LogP contribution in [-0.2, 0) is 6.54 Å². The number of hydrogen-bond donors (Lipinski definition) is 0. The number of hydrogen-bond acceptors (Lipinski definition) is 3. The van der Waals surface area contributed by atoms with Crippen molar-refractivity contribution in [1.82, 2.24) is 9.78 Å². The first-order chi connectivity index (χ1) is 8.08. The molecule has 0 aliphatic carbocycles. The second-order valence-electron chi connectivity index (χ2n) is 3.67. The second kappa shape index (κ2) is 4.82. The average Bonchev–Trinajstić information content (AvgIpc) is 2.67. The van der Waals surface area contributed by atoms with Crippen molar-refractivity contribution in [2.45, 2.75) is 13.5 Å². The first kappa shape index (κ1) is 12.0. The van der Waals surface area contributed by atoms with E-state index in [1.165, 1.54) is 6.07 Å². The fraction of sp³-hybridized carbons (Fsp3) is 0.182. The molecule has 1 aromatic heterocycles. The highest BCUT2D eigenvalue weighted by Gasteiger charge is 2.13. The summed E-state index contributed by atoms with van der Waals surface area (Å²) in [5, 5.41) is 15.0. The molecule has 1 aromatic carbocycles. The Labute approximate surface area is 112 Å². The Bertz CT molecular complexity index is 566. The van der Waals surface area contributed by atoms with E-state index in [9.17, 15) is 10.1 Å². The molecule has 88 valence electrons. The summed E-state index contributed by atoms with van der Waals surface area (Å²) in [7, 11) is 0. The van der Waals surface area contributed by atoms with Crippen LogP contribution in [0.2, 0.25) is 0 Å². The smallest absolute Gasteiger partial charge is 0.267 e. The van der Waals surface area contributed by atoms with Gasteiger partial charge in [0.1, 0.15) is 0 Å². The monoisotopic (exact) mass is 343 g/mol. The lowest BCUT2D eigenvalue weighted by atomic mass is 10.1. The second-order valence-corrected chi connectivity index (χ2v) is 4.92. The predicted octanol–water partition coefficient (Wildman–Crippen LogP) is 2.75. The normalized spacial score (nSPS) is 10.5. The molecule has 5 nitrogen and oxygen atoms in total. The van der Waals surface area contributed by atoms with Crippen LogP contribution in [0.1, 0.15) is 11.1 Å². The zero-order chi connectivity index (χ0) is 12.4. The molecule has 0 saturated heterocycles. The van der Waals surface area contributed by atoms with Crippen molar-refractivity contribution in [2.75, 3.05) is 0 Å². The van der Waals surface area contributed by atoms with Gasteiger partial charge in [0.2, 0.25) is 0 Å². The highest BCUT2D eigenvalue weighted by molar-refractivity contribution is 14.1. The van der Waals surface area contributed by atoms with Gasteiger partial charge < -0.3 is 0 Å². The summed E-state index contributed by atoms with van der Waals surface area (Å²) in [6, 6.07) is 5.11. The molecule has 0 amide bonds. The molecular formula is C11H10IN3O2. The summed E-state index contributed by atoms with van der Waals surface area (Å²) in [4.78, 5) is 10.5. The minimum absolute atomic E-state index is 0.157. The molecule has 1 heterocycles. The van der Waals surface area contributed by atoms with Crippen molar-refractivity contribution >= 4 is 28.3 Å². The first-order valence-electron chi connectivity index (χ1n) is 4.99. The van der Waals surface area contributed by atoms with Crippen LogP contribution in [0, 0.1) is 20.6 Å². The number of nitro benzene ring substituents is 1. The van der Waals surface area contributed by atoms with E-state index in [1.54, 1.807) is 23.9 Å². The van der Waals surface area contributed by atoms with Gasteiger partial charge in [0.05, 0.1) is 21.2 Å². The van der Waals surface area contributed by atoms with E-state index in [1.807, 2.05) is 12.3 Å². The van der Waals surface area contributed by atoms with E-state index in [0.717, 1.165) is 9.13 Å². The number of halogens is 1. The number of benzene rings is 1. The summed E-state index contributed by atoms with van der Waals surface area (Å²) in [5.41, 5.74) is 1.77. The van der Waals surface area contributed by atoms with Crippen LogP contribution < -0.4 is 0 Å². The van der Waals surface area contributed by atoms with Crippen LogP contribution in [0.5, 0.6) is 0 Å². The third-order valence-corrected chi connectivity index (χ3v) is 3.11. The lowest BCUT2D eigenvalue weighted by Crippen LogP contribution is -2.03. The molecule has 0 bridgehead atoms. The molecule has 0 aliphatic heterocycles. The van der Waals surface area contributed by atoms with Crippen LogP contribution >= 0.6 is 22.6 Å². The van der Waals surface area contributed by atoms with Gasteiger partial charge in [-0.1, -0.05) is 12.1 Å². The lowest BCUT2D eigenvalue weighted by molar-refractivity contribution is -0.385. The molecule has 0 saturated carbocycles. The van der Waals surface area contributed by atoms with Gasteiger partial charge in [-0.05, 0) is 35.1 Å². The van der Waals surface area contributed by atoms with Crippen molar-refractivity contribution in [3.63, 3.8) is 0 Å². The molecule has 0 radical (unpaired) electrons. The molecule has 0 N–H and O–H groups in total. The molecule has 6 heteroatoms. The molecule has 0 fully saturated rings. The summed E-state index contributed by atoms with van der Waals surface area (Å²) in [6.45, 7) is 2.32. The van der Waals surface area contributed by atoms with Gasteiger partial charge in [0, 0.05) is 17.8 Å². The SMILES string of the molecule is Cc1c(Cn2cc(I)cn2)cccc1[N+](=O)[O-]. The Balaban J connectivity index is 2.33. The summed E-state index contributed by atoms with van der Waals surface area (Å²) < 4.78 is 2.82. The van der Waals surface area contributed by atoms with E-state index in [0.29, 0.717) is 12.1 Å². The van der Waals surface area contributed by atoms with Crippen molar-refractivity contribution in [3.8, 4) is 0 Å². The number of rotatable bonds is 3. The predicted molar refractivity (Wildman–Crippen MR) is 71.9 cm³/mol. The van der Waals surface area contributed by atoms with Gasteiger partial charge >= 0.3 is 0 Å². The van der Waals surface area contributed by atoms with E-state index in [4.69, 9.17) is 0 Å². The van der Waals surface area contributed by atoms with Crippen molar-refractivity contribution in [3.05, 3.63) is 55.4 Å². The zero-order valence-corrected chi connectivity index (χ0v) is 11.3. The van der Waals surface area contributed by atoms with E-state index >= 15 is 0 Å². The fourth-order valence-corrected chi connectivity index (χ4v) is 2.08. The minimum atomic E-state index is -0.355. The van der Waals surface area contributed by atoms with Gasteiger partial charge in [-0.25, -0.2) is 0 Å². The fourth-order valence-electron chi connectivity index (χ4n) is 1.64. The first-order valence-corrected chi connectivity index (χ1v) is 6.06. The third kappa shape index (κ3) is 2.63. The van der Waals surface area contributed by atoms with Gasteiger partial charge in [-0.2, -0.15) is 5.10 Å². The maximum absolute atomic E-state index is 10.8. The van der Waals surface area contributed by atoms with Gasteiger partial charge in [0.15, 0.2) is 0 Å². The summed E-state index contributed by atoms with van der Waals surface area (Å²) in [6.07, 6.45) is 3.66. The molecule has 0 unspecified atom stereocenters. The van der Waals surface area contributed by atoms with Gasteiger partial charge in [0.25, 0.3) is 5.69 Å².